The summed E-state index contributed by atoms with van der Waals surface area (Å²) < 4.78 is 86.1. The quantitative estimate of drug-likeness (QED) is 0.149. The number of pyridine rings is 1. The van der Waals surface area contributed by atoms with Crippen LogP contribution in [0.4, 0.5) is 26.3 Å². The van der Waals surface area contributed by atoms with Crippen molar-refractivity contribution < 1.29 is 65.8 Å². The van der Waals surface area contributed by atoms with E-state index in [1.54, 1.807) is 0 Å². The Bertz CT molecular complexity index is 710. The van der Waals surface area contributed by atoms with Crippen LogP contribution in [-0.2, 0) is 29.6 Å². The maximum atomic E-state index is 13.2. The number of rotatable bonds is 3. The molecule has 0 amide bonds. The van der Waals surface area contributed by atoms with Crippen molar-refractivity contribution in [3.63, 3.8) is 0 Å². The fraction of sp³-hybridized carbons (Fsp3) is 0.333. The summed E-state index contributed by atoms with van der Waals surface area (Å²) in [6, 6.07) is 3.50. The molecule has 2 N–H and O–H groups in total. The summed E-state index contributed by atoms with van der Waals surface area (Å²) in [7, 11) is 2.55. The van der Waals surface area contributed by atoms with Gasteiger partial charge in [-0.25, -0.2) is 8.78 Å². The molecule has 0 saturated carbocycles. The maximum Gasteiger partial charge on any atom is 0.517 e. The Labute approximate surface area is 163 Å². The second-order valence-corrected chi connectivity index (χ2v) is 4.67. The zero-order chi connectivity index (χ0) is 20.2. The fourth-order valence-electron chi connectivity index (χ4n) is 1.63. The van der Waals surface area contributed by atoms with Crippen LogP contribution in [0.1, 0.15) is 5.69 Å². The van der Waals surface area contributed by atoms with Crippen molar-refractivity contribution in [2.75, 3.05) is 14.2 Å². The van der Waals surface area contributed by atoms with Crippen LogP contribution < -0.4 is 0 Å². The third-order valence-corrected chi connectivity index (χ3v) is 2.97. The molecule has 1 aliphatic rings. The van der Waals surface area contributed by atoms with Crippen LogP contribution in [0.15, 0.2) is 36.4 Å². The second-order valence-electron chi connectivity index (χ2n) is 4.67. The largest absolute Gasteiger partial charge is 0.517 e. The van der Waals surface area contributed by atoms with Gasteiger partial charge in [0.25, 0.3) is 11.9 Å². The number of halogens is 6. The van der Waals surface area contributed by atoms with Crippen LogP contribution >= 0.6 is 0 Å². The predicted molar refractivity (Wildman–Crippen MR) is 77.4 cm³/mol. The number of methoxy groups -OCH3 is 2. The van der Waals surface area contributed by atoms with Crippen LogP contribution in [0.3, 0.4) is 0 Å². The molecule has 1 radical (unpaired) electrons. The van der Waals surface area contributed by atoms with E-state index < -0.39 is 40.9 Å². The maximum absolute atomic E-state index is 13.2. The first-order chi connectivity index (χ1) is 11.9. The van der Waals surface area contributed by atoms with E-state index in [0.717, 1.165) is 24.4 Å². The Kier molecular flexibility index (Phi) is 8.52. The number of aliphatic hydroxyl groups excluding tert-OH is 1. The number of esters is 1. The summed E-state index contributed by atoms with van der Waals surface area (Å²) in [6.45, 7) is 0. The van der Waals surface area contributed by atoms with E-state index in [1.165, 1.54) is 26.4 Å². The average Bonchev–Trinajstić information content (AvgIpc) is 2.72. The van der Waals surface area contributed by atoms with E-state index >= 15 is 0 Å². The van der Waals surface area contributed by atoms with Crippen molar-refractivity contribution in [1.82, 2.24) is 4.98 Å². The molecule has 0 unspecified atom stereocenters. The van der Waals surface area contributed by atoms with Crippen LogP contribution in [0.25, 0.3) is 5.57 Å². The molecule has 27 heavy (non-hydrogen) atoms. The summed E-state index contributed by atoms with van der Waals surface area (Å²) in [5.74, 6) is -16.3. The van der Waals surface area contributed by atoms with E-state index in [9.17, 15) is 26.3 Å². The van der Waals surface area contributed by atoms with Crippen LogP contribution in [-0.4, -0.2) is 52.8 Å². The van der Waals surface area contributed by atoms with Crippen LogP contribution in [0, 0.1) is 6.08 Å². The van der Waals surface area contributed by atoms with Crippen molar-refractivity contribution in [2.24, 2.45) is 0 Å². The summed E-state index contributed by atoms with van der Waals surface area (Å²) in [4.78, 5) is 11.9. The first-order valence-corrected chi connectivity index (χ1v) is 6.65. The molecule has 12 heteroatoms. The standard InChI is InChI=1S/C10H4F6N.C5H8O4.Ir/c11-8(12)5-6(7-3-1-2-4-17-7)9(13,14)10(8,15)16;1-8-4(6)3-5(7)9-2;/h1-4H;3,6H,1-2H3;/q-1;;/p+1/b;4-3+;. The molecule has 1 aliphatic carbocycles. The molecule has 153 valence electrons. The van der Waals surface area contributed by atoms with Gasteiger partial charge >= 0.3 is 17.8 Å². The molecule has 1 aromatic rings. The van der Waals surface area contributed by atoms with Crippen LogP contribution in [0.2, 0.25) is 0 Å². The number of hydrogen-bond acceptors (Lipinski definition) is 4. The van der Waals surface area contributed by atoms with E-state index in [1.807, 2.05) is 0 Å². The minimum Gasteiger partial charge on any atom is -0.481 e. The molecule has 0 saturated heterocycles. The van der Waals surface area contributed by atoms with Crippen molar-refractivity contribution >= 4 is 11.5 Å². The minimum absolute atomic E-state index is 0. The van der Waals surface area contributed by atoms with Gasteiger partial charge < -0.3 is 24.4 Å². The SMILES string of the molecule is COC(=[OH+])/C=C(\O)OC.FC1(F)[C-]=C(c2ccccn2)C(F)(F)C1(F)F.[Ir]. The van der Waals surface area contributed by atoms with Gasteiger partial charge in [-0.05, 0) is 6.07 Å². The zero-order valence-corrected chi connectivity index (χ0v) is 16.0. The number of nitrogens with zero attached hydrogens (tertiary/aromatic N) is 1. The third-order valence-electron chi connectivity index (χ3n) is 2.97. The number of carbonyl (C=O) groups excluding carboxylic acids is 1. The topological polar surface area (TPSA) is 73.0 Å². The number of allylic oxidation sites excluding steroid dienone is 2. The van der Waals surface area contributed by atoms with Crippen molar-refractivity contribution in [2.45, 2.75) is 17.8 Å². The summed E-state index contributed by atoms with van der Waals surface area (Å²) >= 11 is 0. The Morgan fingerprint density at radius 1 is 1.15 bits per heavy atom. The molecule has 5 nitrogen and oxygen atoms in total. The molecule has 0 bridgehead atoms. The number of hydrogen-bond donors (Lipinski definition) is 1. The molecular formula is C15H13F6IrNO4. The van der Waals surface area contributed by atoms with Gasteiger partial charge in [0.05, 0.1) is 7.11 Å². The fourth-order valence-corrected chi connectivity index (χ4v) is 1.63. The van der Waals surface area contributed by atoms with Gasteiger partial charge in [-0.15, -0.1) is 11.6 Å². The van der Waals surface area contributed by atoms with E-state index in [4.69, 9.17) is 9.90 Å². The third kappa shape index (κ3) is 5.23. The van der Waals surface area contributed by atoms with Gasteiger partial charge in [0, 0.05) is 26.3 Å². The van der Waals surface area contributed by atoms with Crippen LogP contribution in [0.5, 0.6) is 0 Å². The number of aliphatic hydroxyl groups is 1. The Morgan fingerprint density at radius 3 is 2.11 bits per heavy atom. The van der Waals surface area contributed by atoms with E-state index in [2.05, 4.69) is 14.5 Å². The van der Waals surface area contributed by atoms with Gasteiger partial charge in [-0.1, -0.05) is 11.8 Å². The summed E-state index contributed by atoms with van der Waals surface area (Å²) in [5.41, 5.74) is -2.22. The number of alkyl halides is 6. The molecule has 1 aromatic heterocycles. The minimum atomic E-state index is -5.49. The molecule has 0 spiro atoms. The second kappa shape index (κ2) is 9.23. The van der Waals surface area contributed by atoms with Crippen molar-refractivity contribution in [3.05, 3.63) is 48.2 Å². The molecule has 0 aromatic carbocycles. The van der Waals surface area contributed by atoms with E-state index in [0.29, 0.717) is 0 Å². The van der Waals surface area contributed by atoms with Gasteiger partial charge in [-0.3, -0.25) is 0 Å². The first-order valence-electron chi connectivity index (χ1n) is 6.65. The van der Waals surface area contributed by atoms with E-state index in [-0.39, 0.29) is 20.1 Å². The van der Waals surface area contributed by atoms with Gasteiger partial charge in [-0.2, -0.15) is 23.6 Å². The van der Waals surface area contributed by atoms with Crippen molar-refractivity contribution in [3.8, 4) is 0 Å². The molecule has 1 heterocycles. The Hall–Kier alpha value is -2.07. The zero-order valence-electron chi connectivity index (χ0n) is 13.6. The Balaban J connectivity index is 0.000000584. The Morgan fingerprint density at radius 2 is 1.74 bits per heavy atom. The monoisotopic (exact) mass is 578 g/mol. The predicted octanol–water partition coefficient (Wildman–Crippen LogP) is 3.37. The van der Waals surface area contributed by atoms with Gasteiger partial charge in [0.2, 0.25) is 0 Å². The van der Waals surface area contributed by atoms with Gasteiger partial charge in [0.1, 0.15) is 0 Å². The number of aromatic nitrogens is 1. The van der Waals surface area contributed by atoms with Gasteiger partial charge in [0.15, 0.2) is 13.2 Å². The molecular weight excluding hydrogens is 564 g/mol. The number of ether oxygens (including phenoxy) is 2. The first kappa shape index (κ1) is 24.9. The summed E-state index contributed by atoms with van der Waals surface area (Å²) in [6.07, 6.45) is 2.83. The normalized spacial score (nSPS) is 19.0. The molecule has 0 fully saturated rings. The average molecular weight is 577 g/mol. The summed E-state index contributed by atoms with van der Waals surface area (Å²) in [5, 5.41) is 8.54. The molecule has 0 atom stereocenters. The van der Waals surface area contributed by atoms with Crippen molar-refractivity contribution in [1.29, 1.82) is 0 Å². The smallest absolute Gasteiger partial charge is 0.481 e. The molecule has 2 rings (SSSR count). The molecule has 0 aliphatic heterocycles.